The molecule has 0 aromatic carbocycles. The first-order chi connectivity index (χ1) is 31.9. The first kappa shape index (κ1) is 61.9. The van der Waals surface area contributed by atoms with Crippen molar-refractivity contribution in [1.82, 2.24) is 31.5 Å². The second kappa shape index (κ2) is 43.5. The van der Waals surface area contributed by atoms with Crippen LogP contribution in [-0.2, 0) is 71.5 Å². The van der Waals surface area contributed by atoms with Gasteiger partial charge in [-0.05, 0) is 52.9 Å². The maximum Gasteiger partial charge on any atom is 0.253 e. The third-order valence-corrected chi connectivity index (χ3v) is 8.84. The molecule has 1 aliphatic heterocycles. The van der Waals surface area contributed by atoms with Crippen LogP contribution in [0.5, 0.6) is 0 Å². The van der Waals surface area contributed by atoms with Gasteiger partial charge in [-0.3, -0.25) is 38.5 Å². The Morgan fingerprint density at radius 3 is 1.50 bits per heavy atom. The lowest BCUT2D eigenvalue weighted by molar-refractivity contribution is -0.137. The van der Waals surface area contributed by atoms with Crippen LogP contribution in [-0.4, -0.2) is 190 Å². The standard InChI is InChI=1S/C42H74N6O15.C3H8/c1-33(2)45-41(54)34(3)46-38(51)32-44-42(55)35(47-37(50)11-6-5-9-16-48-39(52)12-13-40(48)53)10-7-8-15-43-36(49)14-17-57-20-21-59-24-25-61-28-29-63-31-30-62-27-26-60-23-22-58-19-18-56-4;1-3-2/h12-13,33-35H,5-11,14-32H2,1-4H3,(H,43,49)(H,44,55)(H,45,54)(H,46,51)(H,47,50);3H2,1-2H3. The molecule has 0 radical (unpaired) electrons. The van der Waals surface area contributed by atoms with Gasteiger partial charge in [0, 0.05) is 51.2 Å². The molecule has 2 atom stereocenters. The average molecular weight is 947 g/mol. The van der Waals surface area contributed by atoms with E-state index in [1.54, 1.807) is 21.0 Å². The Morgan fingerprint density at radius 1 is 0.530 bits per heavy atom. The Bertz CT molecular complexity index is 1340. The van der Waals surface area contributed by atoms with Crippen LogP contribution >= 0.6 is 0 Å². The van der Waals surface area contributed by atoms with Crippen LogP contribution in [0.25, 0.3) is 0 Å². The summed E-state index contributed by atoms with van der Waals surface area (Å²) in [6.07, 6.45) is 6.81. The normalized spacial score (nSPS) is 13.0. The molecule has 1 rings (SSSR count). The molecule has 66 heavy (non-hydrogen) atoms. The molecule has 0 aromatic rings. The summed E-state index contributed by atoms with van der Waals surface area (Å²) in [4.78, 5) is 87.4. The third kappa shape index (κ3) is 37.1. The van der Waals surface area contributed by atoms with E-state index in [4.69, 9.17) is 37.9 Å². The predicted molar refractivity (Wildman–Crippen MR) is 245 cm³/mol. The summed E-state index contributed by atoms with van der Waals surface area (Å²) in [5, 5.41) is 13.3. The summed E-state index contributed by atoms with van der Waals surface area (Å²) in [6, 6.07) is -1.86. The Hall–Kier alpha value is -4.09. The Morgan fingerprint density at radius 2 is 1.02 bits per heavy atom. The summed E-state index contributed by atoms with van der Waals surface area (Å²) in [5.41, 5.74) is 0. The number of carbonyl (C=O) groups is 7. The fourth-order valence-corrected chi connectivity index (χ4v) is 5.50. The summed E-state index contributed by atoms with van der Waals surface area (Å²) in [7, 11) is 1.63. The number of amides is 7. The molecule has 7 amide bonds. The minimum Gasteiger partial charge on any atom is -0.382 e. The molecule has 0 aromatic heterocycles. The molecule has 2 unspecified atom stereocenters. The van der Waals surface area contributed by atoms with Crippen molar-refractivity contribution in [3.8, 4) is 0 Å². The molecule has 0 bridgehead atoms. The number of hydrogen-bond acceptors (Lipinski definition) is 15. The van der Waals surface area contributed by atoms with Crippen LogP contribution in [0, 0.1) is 0 Å². The van der Waals surface area contributed by atoms with E-state index in [-0.39, 0.29) is 68.0 Å². The predicted octanol–water partition coefficient (Wildman–Crippen LogP) is 0.958. The van der Waals surface area contributed by atoms with Crippen molar-refractivity contribution < 1.29 is 71.5 Å². The van der Waals surface area contributed by atoms with E-state index in [2.05, 4.69) is 40.4 Å². The largest absolute Gasteiger partial charge is 0.382 e. The molecular weight excluding hydrogens is 865 g/mol. The number of hydrogen-bond donors (Lipinski definition) is 5. The number of carbonyl (C=O) groups excluding carboxylic acids is 7. The fraction of sp³-hybridized carbons (Fsp3) is 0.800. The van der Waals surface area contributed by atoms with Gasteiger partial charge < -0.3 is 64.5 Å². The van der Waals surface area contributed by atoms with Crippen molar-refractivity contribution in [2.45, 2.75) is 111 Å². The maximum atomic E-state index is 13.1. The molecule has 1 aliphatic rings. The van der Waals surface area contributed by atoms with Gasteiger partial charge in [-0.1, -0.05) is 26.7 Å². The average Bonchev–Trinajstić information content (AvgIpc) is 3.60. The molecule has 0 fully saturated rings. The maximum absolute atomic E-state index is 13.1. The molecule has 382 valence electrons. The van der Waals surface area contributed by atoms with Gasteiger partial charge in [0.2, 0.25) is 29.5 Å². The van der Waals surface area contributed by atoms with Gasteiger partial charge in [0.15, 0.2) is 0 Å². The van der Waals surface area contributed by atoms with Crippen molar-refractivity contribution in [2.24, 2.45) is 0 Å². The second-order valence-electron chi connectivity index (χ2n) is 15.3. The molecule has 0 saturated carbocycles. The van der Waals surface area contributed by atoms with Gasteiger partial charge in [-0.2, -0.15) is 0 Å². The monoisotopic (exact) mass is 947 g/mol. The summed E-state index contributed by atoms with van der Waals surface area (Å²) >= 11 is 0. The summed E-state index contributed by atoms with van der Waals surface area (Å²) in [5.74, 6) is -2.76. The first-order valence-electron chi connectivity index (χ1n) is 23.4. The highest BCUT2D eigenvalue weighted by atomic mass is 16.6. The SMILES string of the molecule is CCC.COCCOCCOCCOCCOCCOCCOCCOCCC(=O)NCCCCC(NC(=O)CCCCCN1C(=O)C=CC1=O)C(=O)NCC(=O)NC(C)C(=O)NC(C)C. The zero-order chi connectivity index (χ0) is 49.0. The van der Waals surface area contributed by atoms with Crippen LogP contribution in [0.1, 0.15) is 92.4 Å². The topological polar surface area (TPSA) is 257 Å². The lowest BCUT2D eigenvalue weighted by Gasteiger charge is -2.20. The van der Waals surface area contributed by atoms with Crippen molar-refractivity contribution in [2.75, 3.05) is 126 Å². The van der Waals surface area contributed by atoms with Gasteiger partial charge in [-0.15, -0.1) is 0 Å². The Kier molecular flexibility index (Phi) is 40.8. The zero-order valence-electron chi connectivity index (χ0n) is 40.5. The molecule has 0 saturated heterocycles. The van der Waals surface area contributed by atoms with Gasteiger partial charge in [-0.25, -0.2) is 0 Å². The van der Waals surface area contributed by atoms with Crippen LogP contribution in [0.3, 0.4) is 0 Å². The van der Waals surface area contributed by atoms with Crippen molar-refractivity contribution in [3.63, 3.8) is 0 Å². The minimum atomic E-state index is -0.944. The van der Waals surface area contributed by atoms with Gasteiger partial charge in [0.25, 0.3) is 11.8 Å². The highest BCUT2D eigenvalue weighted by Gasteiger charge is 2.24. The molecule has 5 N–H and O–H groups in total. The molecular formula is C45H82N6O15. The molecule has 0 spiro atoms. The smallest absolute Gasteiger partial charge is 0.253 e. The number of nitrogens with zero attached hydrogens (tertiary/aromatic N) is 1. The first-order valence-corrected chi connectivity index (χ1v) is 23.4. The van der Waals surface area contributed by atoms with E-state index in [0.29, 0.717) is 131 Å². The molecule has 1 heterocycles. The van der Waals surface area contributed by atoms with E-state index in [0.717, 1.165) is 4.90 Å². The third-order valence-electron chi connectivity index (χ3n) is 8.84. The Labute approximate surface area is 392 Å². The Balaban J connectivity index is 0.0000137. The van der Waals surface area contributed by atoms with Crippen LogP contribution in [0.15, 0.2) is 12.2 Å². The van der Waals surface area contributed by atoms with E-state index < -0.39 is 30.4 Å². The number of ether oxygens (including phenoxy) is 8. The molecule has 21 heteroatoms. The van der Waals surface area contributed by atoms with Crippen LogP contribution < -0.4 is 26.6 Å². The number of unbranched alkanes of at least 4 members (excludes halogenated alkanes) is 3. The molecule has 21 nitrogen and oxygen atoms in total. The number of imide groups is 1. The number of nitrogens with one attached hydrogen (secondary N) is 5. The highest BCUT2D eigenvalue weighted by Crippen LogP contribution is 2.09. The van der Waals surface area contributed by atoms with Gasteiger partial charge >= 0.3 is 0 Å². The quantitative estimate of drug-likeness (QED) is 0.0422. The van der Waals surface area contributed by atoms with E-state index in [9.17, 15) is 33.6 Å². The minimum absolute atomic E-state index is 0.107. The summed E-state index contributed by atoms with van der Waals surface area (Å²) < 4.78 is 42.9. The summed E-state index contributed by atoms with van der Waals surface area (Å²) in [6.45, 7) is 16.2. The lowest BCUT2D eigenvalue weighted by Crippen LogP contribution is -2.52. The van der Waals surface area contributed by atoms with Crippen molar-refractivity contribution in [1.29, 1.82) is 0 Å². The fourth-order valence-electron chi connectivity index (χ4n) is 5.50. The molecule has 0 aliphatic carbocycles. The van der Waals surface area contributed by atoms with E-state index in [1.807, 2.05) is 0 Å². The van der Waals surface area contributed by atoms with Crippen molar-refractivity contribution in [3.05, 3.63) is 12.2 Å². The number of methoxy groups -OCH3 is 1. The van der Waals surface area contributed by atoms with E-state index in [1.165, 1.54) is 25.5 Å². The van der Waals surface area contributed by atoms with Crippen molar-refractivity contribution >= 4 is 41.4 Å². The lowest BCUT2D eigenvalue weighted by atomic mass is 10.1. The van der Waals surface area contributed by atoms with Gasteiger partial charge in [0.1, 0.15) is 12.1 Å². The zero-order valence-corrected chi connectivity index (χ0v) is 40.5. The number of rotatable bonds is 42. The van der Waals surface area contributed by atoms with Gasteiger partial charge in [0.05, 0.1) is 106 Å². The van der Waals surface area contributed by atoms with E-state index >= 15 is 0 Å². The van der Waals surface area contributed by atoms with Crippen LogP contribution in [0.4, 0.5) is 0 Å². The highest BCUT2D eigenvalue weighted by molar-refractivity contribution is 6.12. The second-order valence-corrected chi connectivity index (χ2v) is 15.3. The van der Waals surface area contributed by atoms with Crippen LogP contribution in [0.2, 0.25) is 0 Å².